The van der Waals surface area contributed by atoms with Crippen molar-refractivity contribution < 1.29 is 22.7 Å². The third-order valence-corrected chi connectivity index (χ3v) is 4.62. The van der Waals surface area contributed by atoms with Crippen molar-refractivity contribution in [1.29, 1.82) is 0 Å². The predicted octanol–water partition coefficient (Wildman–Crippen LogP) is 3.09. The second-order valence-electron chi connectivity index (χ2n) is 5.98. The molecule has 0 spiro atoms. The molecule has 0 radical (unpaired) electrons. The van der Waals surface area contributed by atoms with Crippen molar-refractivity contribution >= 4 is 27.6 Å². The highest BCUT2D eigenvalue weighted by Crippen LogP contribution is 2.23. The fourth-order valence-corrected chi connectivity index (χ4v) is 3.55. The number of hydrogen-bond donors (Lipinski definition) is 0. The van der Waals surface area contributed by atoms with Gasteiger partial charge in [-0.25, -0.2) is 17.5 Å². The Morgan fingerprint density at radius 1 is 1.00 bits per heavy atom. The molecule has 0 aliphatic heterocycles. The van der Waals surface area contributed by atoms with Gasteiger partial charge in [0.1, 0.15) is 0 Å². The maximum Gasteiger partial charge on any atom is 0.338 e. The lowest BCUT2D eigenvalue weighted by Gasteiger charge is -2.21. The number of aryl methyl sites for hydroxylation is 2. The van der Waals surface area contributed by atoms with Crippen LogP contribution in [-0.4, -0.2) is 33.2 Å². The minimum Gasteiger partial charge on any atom is -0.462 e. The lowest BCUT2D eigenvalue weighted by molar-refractivity contribution is 0.0526. The second-order valence-corrected chi connectivity index (χ2v) is 7.81. The lowest BCUT2D eigenvalue weighted by Crippen LogP contribution is -2.36. The van der Waals surface area contributed by atoms with Crippen LogP contribution in [0, 0.1) is 13.8 Å². The van der Waals surface area contributed by atoms with Gasteiger partial charge in [0.15, 0.2) is 0 Å². The SMILES string of the molecule is CCOC(=O)c1cccc(N(C(=O)c2cc(C)cc(C)c2)S(C)(=O)=O)c1. The zero-order valence-corrected chi connectivity index (χ0v) is 16.0. The minimum atomic E-state index is -3.91. The summed E-state index contributed by atoms with van der Waals surface area (Å²) in [4.78, 5) is 24.9. The van der Waals surface area contributed by atoms with Gasteiger partial charge in [-0.15, -0.1) is 0 Å². The van der Waals surface area contributed by atoms with Gasteiger partial charge in [-0.3, -0.25) is 4.79 Å². The number of carbonyl (C=O) groups is 2. The Morgan fingerprint density at radius 2 is 1.62 bits per heavy atom. The summed E-state index contributed by atoms with van der Waals surface area (Å²) in [7, 11) is -3.91. The number of esters is 1. The molecule has 0 saturated heterocycles. The molecule has 0 heterocycles. The second kappa shape index (κ2) is 7.70. The molecule has 0 saturated carbocycles. The smallest absolute Gasteiger partial charge is 0.338 e. The highest BCUT2D eigenvalue weighted by Gasteiger charge is 2.27. The highest BCUT2D eigenvalue weighted by molar-refractivity contribution is 7.92. The average Bonchev–Trinajstić information content (AvgIpc) is 2.53. The number of nitrogens with zero attached hydrogens (tertiary/aromatic N) is 1. The van der Waals surface area contributed by atoms with E-state index in [9.17, 15) is 18.0 Å². The largest absolute Gasteiger partial charge is 0.462 e. The topological polar surface area (TPSA) is 80.8 Å². The lowest BCUT2D eigenvalue weighted by atomic mass is 10.1. The number of sulfonamides is 1. The van der Waals surface area contributed by atoms with E-state index in [1.807, 2.05) is 19.9 Å². The summed E-state index contributed by atoms with van der Waals surface area (Å²) < 4.78 is 30.3. The van der Waals surface area contributed by atoms with Gasteiger partial charge in [-0.2, -0.15) is 0 Å². The van der Waals surface area contributed by atoms with Gasteiger partial charge in [0.25, 0.3) is 5.91 Å². The first-order valence-electron chi connectivity index (χ1n) is 8.03. The molecule has 0 fully saturated rings. The predicted molar refractivity (Wildman–Crippen MR) is 100.0 cm³/mol. The Balaban J connectivity index is 2.54. The van der Waals surface area contributed by atoms with E-state index in [1.54, 1.807) is 19.1 Å². The number of amides is 1. The first kappa shape index (κ1) is 19.7. The summed E-state index contributed by atoms with van der Waals surface area (Å²) in [6.07, 6.45) is 0.949. The van der Waals surface area contributed by atoms with Crippen LogP contribution in [-0.2, 0) is 14.8 Å². The Labute approximate surface area is 153 Å². The molecule has 6 nitrogen and oxygen atoms in total. The van der Waals surface area contributed by atoms with Crippen molar-refractivity contribution in [3.63, 3.8) is 0 Å². The van der Waals surface area contributed by atoms with E-state index in [0.29, 0.717) is 4.31 Å². The van der Waals surface area contributed by atoms with Crippen molar-refractivity contribution in [1.82, 2.24) is 0 Å². The molecule has 0 aliphatic rings. The van der Waals surface area contributed by atoms with Gasteiger partial charge >= 0.3 is 5.97 Å². The zero-order valence-electron chi connectivity index (χ0n) is 15.1. The monoisotopic (exact) mass is 375 g/mol. The van der Waals surface area contributed by atoms with Crippen LogP contribution in [0.4, 0.5) is 5.69 Å². The van der Waals surface area contributed by atoms with Gasteiger partial charge in [-0.05, 0) is 51.1 Å². The summed E-state index contributed by atoms with van der Waals surface area (Å²) >= 11 is 0. The molecule has 0 bridgehead atoms. The van der Waals surface area contributed by atoms with Gasteiger partial charge in [0.2, 0.25) is 10.0 Å². The van der Waals surface area contributed by atoms with E-state index in [-0.39, 0.29) is 23.4 Å². The van der Waals surface area contributed by atoms with Crippen LogP contribution in [0.1, 0.15) is 38.8 Å². The molecule has 26 heavy (non-hydrogen) atoms. The van der Waals surface area contributed by atoms with Crippen LogP contribution in [0.2, 0.25) is 0 Å². The quantitative estimate of drug-likeness (QED) is 0.750. The number of anilines is 1. The maximum atomic E-state index is 12.9. The third-order valence-electron chi connectivity index (χ3n) is 3.58. The van der Waals surface area contributed by atoms with Crippen molar-refractivity contribution in [2.24, 2.45) is 0 Å². The van der Waals surface area contributed by atoms with E-state index in [4.69, 9.17) is 4.74 Å². The van der Waals surface area contributed by atoms with E-state index < -0.39 is 21.9 Å². The molecule has 2 aromatic rings. The van der Waals surface area contributed by atoms with Crippen molar-refractivity contribution in [2.45, 2.75) is 20.8 Å². The van der Waals surface area contributed by atoms with E-state index >= 15 is 0 Å². The summed E-state index contributed by atoms with van der Waals surface area (Å²) in [5.74, 6) is -1.26. The molecular weight excluding hydrogens is 354 g/mol. The van der Waals surface area contributed by atoms with E-state index in [2.05, 4.69) is 0 Å². The number of carbonyl (C=O) groups excluding carboxylic acids is 2. The molecule has 0 unspecified atom stereocenters. The fraction of sp³-hybridized carbons (Fsp3) is 0.263. The minimum absolute atomic E-state index is 0.0854. The van der Waals surface area contributed by atoms with Crippen molar-refractivity contribution in [3.05, 3.63) is 64.7 Å². The summed E-state index contributed by atoms with van der Waals surface area (Å²) in [6.45, 7) is 5.53. The fourth-order valence-electron chi connectivity index (χ4n) is 2.65. The maximum absolute atomic E-state index is 12.9. The number of benzene rings is 2. The first-order chi connectivity index (χ1) is 12.1. The normalized spacial score (nSPS) is 11.1. The molecule has 1 amide bonds. The number of rotatable bonds is 5. The first-order valence-corrected chi connectivity index (χ1v) is 9.88. The van der Waals surface area contributed by atoms with Crippen LogP contribution in [0.5, 0.6) is 0 Å². The van der Waals surface area contributed by atoms with Gasteiger partial charge in [0, 0.05) is 5.56 Å². The Kier molecular flexibility index (Phi) is 5.82. The van der Waals surface area contributed by atoms with Crippen LogP contribution < -0.4 is 4.31 Å². The number of hydrogen-bond acceptors (Lipinski definition) is 5. The van der Waals surface area contributed by atoms with Gasteiger partial charge in [0.05, 0.1) is 24.1 Å². The van der Waals surface area contributed by atoms with Crippen molar-refractivity contribution in [2.75, 3.05) is 17.2 Å². The zero-order chi connectivity index (χ0) is 19.5. The summed E-state index contributed by atoms with van der Waals surface area (Å²) in [6, 6.07) is 11.0. The summed E-state index contributed by atoms with van der Waals surface area (Å²) in [5.41, 5.74) is 2.21. The Bertz CT molecular complexity index is 930. The average molecular weight is 375 g/mol. The van der Waals surface area contributed by atoms with Gasteiger partial charge in [-0.1, -0.05) is 23.3 Å². The molecular formula is C19H21NO5S. The van der Waals surface area contributed by atoms with E-state index in [0.717, 1.165) is 17.4 Å². The van der Waals surface area contributed by atoms with E-state index in [1.165, 1.54) is 24.3 Å². The number of ether oxygens (including phenoxy) is 1. The van der Waals surface area contributed by atoms with Crippen LogP contribution in [0.15, 0.2) is 42.5 Å². The standard InChI is InChI=1S/C19H21NO5S/c1-5-25-19(22)15-7-6-8-17(12-15)20(26(4,23)24)18(21)16-10-13(2)9-14(3)11-16/h6-12H,5H2,1-4H3. The summed E-state index contributed by atoms with van der Waals surface area (Å²) in [5, 5.41) is 0. The van der Waals surface area contributed by atoms with Crippen LogP contribution in [0.25, 0.3) is 0 Å². The molecule has 7 heteroatoms. The molecule has 2 rings (SSSR count). The molecule has 0 atom stereocenters. The third kappa shape index (κ3) is 4.49. The van der Waals surface area contributed by atoms with Crippen LogP contribution >= 0.6 is 0 Å². The van der Waals surface area contributed by atoms with Gasteiger partial charge < -0.3 is 4.74 Å². The molecule has 138 valence electrons. The Morgan fingerprint density at radius 3 is 2.15 bits per heavy atom. The van der Waals surface area contributed by atoms with Crippen molar-refractivity contribution in [3.8, 4) is 0 Å². The van der Waals surface area contributed by atoms with Crippen LogP contribution in [0.3, 0.4) is 0 Å². The molecule has 0 aromatic heterocycles. The molecule has 0 N–H and O–H groups in total. The molecule has 0 aliphatic carbocycles. The Hall–Kier alpha value is -2.67. The molecule has 2 aromatic carbocycles. The highest BCUT2D eigenvalue weighted by atomic mass is 32.2.